The van der Waals surface area contributed by atoms with Crippen LogP contribution in [0, 0.1) is 34.0 Å². The van der Waals surface area contributed by atoms with Crippen molar-refractivity contribution in [2.45, 2.75) is 64.1 Å². The molecule has 26 heavy (non-hydrogen) atoms. The van der Waals surface area contributed by atoms with Crippen molar-refractivity contribution in [1.82, 2.24) is 0 Å². The molecule has 1 aliphatic heterocycles. The van der Waals surface area contributed by atoms with Gasteiger partial charge in [-0.2, -0.15) is 0 Å². The number of fused-ring (bicyclic) bond motifs is 1. The summed E-state index contributed by atoms with van der Waals surface area (Å²) in [4.78, 5) is 37.9. The van der Waals surface area contributed by atoms with Gasteiger partial charge in [-0.25, -0.2) is 0 Å². The number of esters is 1. The van der Waals surface area contributed by atoms with E-state index in [2.05, 4.69) is 0 Å². The second kappa shape index (κ2) is 4.68. The number of ketones is 1. The maximum atomic E-state index is 12.8. The molecule has 144 valence electrons. The van der Waals surface area contributed by atoms with E-state index in [1.165, 1.54) is 0 Å². The lowest BCUT2D eigenvalue weighted by Gasteiger charge is -2.45. The predicted octanol–water partition coefficient (Wildman–Crippen LogP) is 0.714. The zero-order valence-electron chi connectivity index (χ0n) is 15.1. The van der Waals surface area contributed by atoms with E-state index in [9.17, 15) is 24.6 Å². The molecule has 1 spiro atoms. The molecule has 1 saturated heterocycles. The summed E-state index contributed by atoms with van der Waals surface area (Å²) in [5.74, 6) is -2.70. The van der Waals surface area contributed by atoms with Gasteiger partial charge in [0.15, 0.2) is 0 Å². The first-order valence-electron chi connectivity index (χ1n) is 9.29. The van der Waals surface area contributed by atoms with Crippen LogP contribution in [-0.4, -0.2) is 45.1 Å². The SMILES string of the molecule is C[C@@]12CC[C@@H]3[C@@](CC1=O)(C2)[C@@H](C(=O)O)[C@H]1[C@@]32CC[C@H](O)[C@@]1(C)C(=O)O2.O. The topological polar surface area (TPSA) is 132 Å². The van der Waals surface area contributed by atoms with Crippen LogP contribution in [0.3, 0.4) is 0 Å². The number of carboxylic acid groups (broad SMARTS) is 1. The lowest BCUT2D eigenvalue weighted by atomic mass is 9.59. The number of hydrogen-bond donors (Lipinski definition) is 2. The molecule has 0 aromatic rings. The van der Waals surface area contributed by atoms with Gasteiger partial charge in [-0.3, -0.25) is 14.4 Å². The molecule has 4 bridgehead atoms. The number of Topliss-reactive ketones (excluding diaryl/α,β-unsaturated/α-hetero) is 1. The van der Waals surface area contributed by atoms with Crippen molar-refractivity contribution in [3.8, 4) is 0 Å². The number of hydrogen-bond acceptors (Lipinski definition) is 5. The van der Waals surface area contributed by atoms with Crippen LogP contribution in [0.4, 0.5) is 0 Å². The van der Waals surface area contributed by atoms with Crippen molar-refractivity contribution in [2.75, 3.05) is 0 Å². The molecule has 5 rings (SSSR count). The molecule has 4 saturated carbocycles. The van der Waals surface area contributed by atoms with Gasteiger partial charge in [0.25, 0.3) is 0 Å². The van der Waals surface area contributed by atoms with Gasteiger partial charge in [-0.1, -0.05) is 6.92 Å². The van der Waals surface area contributed by atoms with Crippen LogP contribution < -0.4 is 0 Å². The Morgan fingerprint density at radius 1 is 1.19 bits per heavy atom. The molecule has 0 radical (unpaired) electrons. The molecule has 5 aliphatic rings. The molecule has 8 atom stereocenters. The monoisotopic (exact) mass is 366 g/mol. The summed E-state index contributed by atoms with van der Waals surface area (Å²) in [5.41, 5.74) is -3.08. The van der Waals surface area contributed by atoms with Gasteiger partial charge in [-0.05, 0) is 44.4 Å². The second-order valence-corrected chi connectivity index (χ2v) is 9.64. The molecule has 5 fully saturated rings. The first kappa shape index (κ1) is 17.9. The van der Waals surface area contributed by atoms with Gasteiger partial charge in [0.1, 0.15) is 11.4 Å². The summed E-state index contributed by atoms with van der Waals surface area (Å²) in [6.07, 6.45) is 2.36. The van der Waals surface area contributed by atoms with Gasteiger partial charge in [-0.15, -0.1) is 0 Å². The average molecular weight is 366 g/mol. The highest BCUT2D eigenvalue weighted by Crippen LogP contribution is 2.78. The molecule has 7 nitrogen and oxygen atoms in total. The lowest BCUT2D eigenvalue weighted by Crippen LogP contribution is -2.53. The lowest BCUT2D eigenvalue weighted by molar-refractivity contribution is -0.163. The number of aliphatic hydroxyl groups is 1. The minimum Gasteiger partial charge on any atom is -0.481 e. The van der Waals surface area contributed by atoms with Crippen LogP contribution in [0.2, 0.25) is 0 Å². The number of aliphatic carboxylic acids is 1. The van der Waals surface area contributed by atoms with Gasteiger partial charge in [0, 0.05) is 23.7 Å². The first-order valence-corrected chi connectivity index (χ1v) is 9.29. The summed E-state index contributed by atoms with van der Waals surface area (Å²) in [6.45, 7) is 3.63. The molecular weight excluding hydrogens is 340 g/mol. The fraction of sp³-hybridized carbons (Fsp3) is 0.842. The fourth-order valence-corrected chi connectivity index (χ4v) is 7.80. The maximum absolute atomic E-state index is 12.8. The van der Waals surface area contributed by atoms with Crippen LogP contribution in [0.25, 0.3) is 0 Å². The fourth-order valence-electron chi connectivity index (χ4n) is 7.80. The molecule has 4 aliphatic carbocycles. The zero-order valence-corrected chi connectivity index (χ0v) is 15.1. The maximum Gasteiger partial charge on any atom is 0.315 e. The summed E-state index contributed by atoms with van der Waals surface area (Å²) in [6, 6.07) is 0. The zero-order chi connectivity index (χ0) is 18.0. The highest BCUT2D eigenvalue weighted by atomic mass is 16.6. The van der Waals surface area contributed by atoms with Crippen LogP contribution >= 0.6 is 0 Å². The molecule has 1 heterocycles. The number of aliphatic hydroxyl groups excluding tert-OH is 1. The summed E-state index contributed by atoms with van der Waals surface area (Å²) in [5, 5.41) is 20.8. The standard InChI is InChI=1S/C19H24O6.H2O/c1-16-5-3-9-18(8-16,7-11(16)21)12(14(22)23)13-17(2)10(20)4-6-19(9,13)25-15(17)24;/h9-10,12-13,20H,3-8H2,1-2H3,(H,22,23);1H2/t9-,10+,12-,13-,16+,17-,18-,19-;/m1./s1. The quantitative estimate of drug-likeness (QED) is 0.657. The molecule has 0 aromatic heterocycles. The van der Waals surface area contributed by atoms with Crippen LogP contribution in [0.15, 0.2) is 0 Å². The smallest absolute Gasteiger partial charge is 0.315 e. The van der Waals surface area contributed by atoms with Crippen molar-refractivity contribution in [3.63, 3.8) is 0 Å². The molecular formula is C19H26O7. The Morgan fingerprint density at radius 2 is 1.88 bits per heavy atom. The number of carbonyl (C=O) groups is 3. The van der Waals surface area contributed by atoms with E-state index in [-0.39, 0.29) is 23.6 Å². The Balaban J connectivity index is 0.00000168. The average Bonchev–Trinajstić information content (AvgIpc) is 2.95. The van der Waals surface area contributed by atoms with Crippen LogP contribution in [0.5, 0.6) is 0 Å². The Bertz CT molecular complexity index is 733. The van der Waals surface area contributed by atoms with E-state index in [1.807, 2.05) is 6.92 Å². The van der Waals surface area contributed by atoms with Crippen molar-refractivity contribution < 1.29 is 34.8 Å². The van der Waals surface area contributed by atoms with Crippen molar-refractivity contribution in [3.05, 3.63) is 0 Å². The number of rotatable bonds is 1. The van der Waals surface area contributed by atoms with Gasteiger partial charge >= 0.3 is 11.9 Å². The number of carboxylic acids is 1. The Morgan fingerprint density at radius 3 is 2.54 bits per heavy atom. The van der Waals surface area contributed by atoms with Gasteiger partial charge < -0.3 is 20.4 Å². The Hall–Kier alpha value is -1.47. The Labute approximate surface area is 151 Å². The molecule has 0 aromatic carbocycles. The van der Waals surface area contributed by atoms with E-state index >= 15 is 0 Å². The van der Waals surface area contributed by atoms with Crippen LogP contribution in [-0.2, 0) is 19.1 Å². The first-order chi connectivity index (χ1) is 11.6. The van der Waals surface area contributed by atoms with Crippen molar-refractivity contribution in [2.24, 2.45) is 34.0 Å². The predicted molar refractivity (Wildman–Crippen MR) is 87.9 cm³/mol. The minimum atomic E-state index is -1.19. The minimum absolute atomic E-state index is 0. The summed E-state index contributed by atoms with van der Waals surface area (Å²) >= 11 is 0. The largest absolute Gasteiger partial charge is 0.481 e. The molecule has 4 N–H and O–H groups in total. The van der Waals surface area contributed by atoms with Gasteiger partial charge in [0.2, 0.25) is 0 Å². The van der Waals surface area contributed by atoms with E-state index in [0.29, 0.717) is 19.3 Å². The van der Waals surface area contributed by atoms with E-state index in [4.69, 9.17) is 4.74 Å². The third-order valence-corrected chi connectivity index (χ3v) is 8.77. The third-order valence-electron chi connectivity index (χ3n) is 8.77. The summed E-state index contributed by atoms with van der Waals surface area (Å²) < 4.78 is 5.96. The third kappa shape index (κ3) is 1.53. The van der Waals surface area contributed by atoms with Crippen molar-refractivity contribution >= 4 is 17.7 Å². The van der Waals surface area contributed by atoms with E-state index in [1.54, 1.807) is 6.92 Å². The number of carbonyl (C=O) groups excluding carboxylic acids is 2. The van der Waals surface area contributed by atoms with E-state index < -0.39 is 51.7 Å². The highest BCUT2D eigenvalue weighted by Gasteiger charge is 2.84. The summed E-state index contributed by atoms with van der Waals surface area (Å²) in [7, 11) is 0. The highest BCUT2D eigenvalue weighted by molar-refractivity contribution is 5.91. The molecule has 7 heteroatoms. The number of ether oxygens (including phenoxy) is 1. The van der Waals surface area contributed by atoms with Crippen LogP contribution in [0.1, 0.15) is 52.4 Å². The van der Waals surface area contributed by atoms with E-state index in [0.717, 1.165) is 12.8 Å². The van der Waals surface area contributed by atoms with Gasteiger partial charge in [0.05, 0.1) is 17.4 Å². The van der Waals surface area contributed by atoms with Crippen molar-refractivity contribution in [1.29, 1.82) is 0 Å². The molecule has 0 amide bonds. The Kier molecular flexibility index (Phi) is 3.22. The molecule has 0 unspecified atom stereocenters. The normalized spacial score (nSPS) is 56.4. The second-order valence-electron chi connectivity index (χ2n) is 9.64.